The monoisotopic (exact) mass is 438 g/mol. The molecule has 2 atom stereocenters. The predicted octanol–water partition coefficient (Wildman–Crippen LogP) is 2.55. The fraction of sp³-hybridized carbons (Fsp3) is 0.389. The minimum absolute atomic E-state index is 0.102. The molecular weight excluding hydrogens is 420 g/mol. The highest BCUT2D eigenvalue weighted by Crippen LogP contribution is 2.36. The summed E-state index contributed by atoms with van der Waals surface area (Å²) < 4.78 is 2.50. The van der Waals surface area contributed by atoms with Crippen LogP contribution < -0.4 is 0 Å². The number of fused-ring (bicyclic) bond motifs is 1. The van der Waals surface area contributed by atoms with E-state index in [0.717, 1.165) is 4.47 Å². The van der Waals surface area contributed by atoms with Crippen molar-refractivity contribution in [2.24, 2.45) is 0 Å². The van der Waals surface area contributed by atoms with E-state index in [0.29, 0.717) is 35.9 Å². The van der Waals surface area contributed by atoms with E-state index >= 15 is 0 Å². The molecule has 0 aliphatic carbocycles. The second-order valence-corrected chi connectivity index (χ2v) is 7.47. The van der Waals surface area contributed by atoms with Gasteiger partial charge in [-0.1, -0.05) is 22.0 Å². The van der Waals surface area contributed by atoms with Crippen molar-refractivity contribution < 1.29 is 29.7 Å². The van der Waals surface area contributed by atoms with Gasteiger partial charge in [0.25, 0.3) is 0 Å². The Hall–Kier alpha value is -2.39. The summed E-state index contributed by atoms with van der Waals surface area (Å²) in [6, 6.07) is 3.40. The number of carboxylic acid groups (broad SMARTS) is 3. The minimum Gasteiger partial charge on any atom is -0.481 e. The van der Waals surface area contributed by atoms with E-state index in [1.54, 1.807) is 29.0 Å². The Labute approximate surface area is 163 Å². The SMILES string of the molecule is O=C(O)CCn1cc(C(C(=O)O)N2CCC[C@@H]2C(=O)O)c2ccc(Br)cc21. The zero-order valence-corrected chi connectivity index (χ0v) is 15.9. The fourth-order valence-corrected chi connectivity index (χ4v) is 4.08. The molecule has 1 aromatic carbocycles. The molecule has 0 saturated carbocycles. The van der Waals surface area contributed by atoms with E-state index in [9.17, 15) is 24.6 Å². The van der Waals surface area contributed by atoms with E-state index in [1.807, 2.05) is 0 Å². The third kappa shape index (κ3) is 3.84. The van der Waals surface area contributed by atoms with E-state index in [2.05, 4.69) is 15.9 Å². The van der Waals surface area contributed by atoms with Gasteiger partial charge in [0, 0.05) is 40.2 Å². The van der Waals surface area contributed by atoms with Gasteiger partial charge >= 0.3 is 17.9 Å². The lowest BCUT2D eigenvalue weighted by Gasteiger charge is -2.27. The summed E-state index contributed by atoms with van der Waals surface area (Å²) in [6.45, 7) is 0.573. The fourth-order valence-electron chi connectivity index (χ4n) is 3.73. The summed E-state index contributed by atoms with van der Waals surface area (Å²) in [4.78, 5) is 36.1. The number of aromatic nitrogens is 1. The molecule has 144 valence electrons. The van der Waals surface area contributed by atoms with Gasteiger partial charge in [-0.2, -0.15) is 0 Å². The van der Waals surface area contributed by atoms with Gasteiger partial charge in [0.2, 0.25) is 0 Å². The highest BCUT2D eigenvalue weighted by Gasteiger charge is 2.40. The average molecular weight is 439 g/mol. The van der Waals surface area contributed by atoms with Gasteiger partial charge in [0.15, 0.2) is 0 Å². The summed E-state index contributed by atoms with van der Waals surface area (Å²) in [7, 11) is 0. The van der Waals surface area contributed by atoms with Crippen molar-refractivity contribution in [3.8, 4) is 0 Å². The maximum atomic E-state index is 12.1. The highest BCUT2D eigenvalue weighted by atomic mass is 79.9. The molecule has 2 aromatic rings. The molecule has 1 unspecified atom stereocenters. The summed E-state index contributed by atoms with van der Waals surface area (Å²) in [5.74, 6) is -3.10. The first-order valence-electron chi connectivity index (χ1n) is 8.51. The molecule has 3 N–H and O–H groups in total. The molecule has 1 saturated heterocycles. The first kappa shape index (κ1) is 19.4. The molecule has 3 rings (SSSR count). The van der Waals surface area contributed by atoms with Crippen molar-refractivity contribution in [3.05, 3.63) is 34.4 Å². The maximum absolute atomic E-state index is 12.1. The van der Waals surface area contributed by atoms with Crippen molar-refractivity contribution in [3.63, 3.8) is 0 Å². The third-order valence-corrected chi connectivity index (χ3v) is 5.37. The molecule has 2 heterocycles. The normalized spacial score (nSPS) is 18.6. The van der Waals surface area contributed by atoms with Crippen molar-refractivity contribution in [2.45, 2.75) is 37.9 Å². The van der Waals surface area contributed by atoms with Crippen LogP contribution in [-0.4, -0.2) is 55.3 Å². The Bertz CT molecular complexity index is 909. The molecule has 8 nitrogen and oxygen atoms in total. The van der Waals surface area contributed by atoms with Crippen LogP contribution in [0.4, 0.5) is 0 Å². The first-order valence-corrected chi connectivity index (χ1v) is 9.30. The van der Waals surface area contributed by atoms with Gasteiger partial charge in [-0.3, -0.25) is 19.3 Å². The molecule has 1 aromatic heterocycles. The van der Waals surface area contributed by atoms with Crippen LogP contribution >= 0.6 is 15.9 Å². The van der Waals surface area contributed by atoms with E-state index in [1.165, 1.54) is 4.90 Å². The minimum atomic E-state index is -1.12. The topological polar surface area (TPSA) is 120 Å². The number of benzene rings is 1. The number of carboxylic acids is 3. The number of carbonyl (C=O) groups is 3. The molecular formula is C18H19BrN2O6. The molecule has 0 amide bonds. The highest BCUT2D eigenvalue weighted by molar-refractivity contribution is 9.10. The van der Waals surface area contributed by atoms with Crippen LogP contribution in [-0.2, 0) is 20.9 Å². The van der Waals surface area contributed by atoms with Gasteiger partial charge in [-0.15, -0.1) is 0 Å². The largest absolute Gasteiger partial charge is 0.481 e. The van der Waals surface area contributed by atoms with E-state index in [-0.39, 0.29) is 13.0 Å². The molecule has 0 spiro atoms. The number of aliphatic carboxylic acids is 3. The van der Waals surface area contributed by atoms with E-state index < -0.39 is 30.0 Å². The Balaban J connectivity index is 2.11. The Kier molecular flexibility index (Phi) is 5.52. The van der Waals surface area contributed by atoms with Crippen molar-refractivity contribution in [2.75, 3.05) is 6.54 Å². The summed E-state index contributed by atoms with van der Waals surface area (Å²) in [5.41, 5.74) is 1.18. The lowest BCUT2D eigenvalue weighted by atomic mass is 10.0. The van der Waals surface area contributed by atoms with Crippen molar-refractivity contribution in [1.82, 2.24) is 9.47 Å². The van der Waals surface area contributed by atoms with Gasteiger partial charge in [-0.05, 0) is 25.0 Å². The van der Waals surface area contributed by atoms with Crippen LogP contribution in [0.15, 0.2) is 28.9 Å². The molecule has 0 radical (unpaired) electrons. The number of nitrogens with zero attached hydrogens (tertiary/aromatic N) is 2. The molecule has 1 fully saturated rings. The van der Waals surface area contributed by atoms with Crippen LogP contribution in [0.25, 0.3) is 10.9 Å². The molecule has 1 aliphatic rings. The zero-order chi connectivity index (χ0) is 19.7. The lowest BCUT2D eigenvalue weighted by Crippen LogP contribution is -2.41. The summed E-state index contributed by atoms with van der Waals surface area (Å²) in [6.07, 6.45) is 2.55. The number of halogens is 1. The molecule has 1 aliphatic heterocycles. The third-order valence-electron chi connectivity index (χ3n) is 4.88. The smallest absolute Gasteiger partial charge is 0.325 e. The van der Waals surface area contributed by atoms with Crippen molar-refractivity contribution in [1.29, 1.82) is 0 Å². The van der Waals surface area contributed by atoms with Gasteiger partial charge in [-0.25, -0.2) is 0 Å². The first-order chi connectivity index (χ1) is 12.8. The van der Waals surface area contributed by atoms with Crippen LogP contribution in [0.3, 0.4) is 0 Å². The number of hydrogen-bond donors (Lipinski definition) is 3. The summed E-state index contributed by atoms with van der Waals surface area (Å²) in [5, 5.41) is 29.0. The summed E-state index contributed by atoms with van der Waals surface area (Å²) >= 11 is 3.38. The molecule has 0 bridgehead atoms. The van der Waals surface area contributed by atoms with Crippen molar-refractivity contribution >= 4 is 44.7 Å². The molecule has 27 heavy (non-hydrogen) atoms. The van der Waals surface area contributed by atoms with Crippen LogP contribution in [0.5, 0.6) is 0 Å². The Morgan fingerprint density at radius 3 is 2.59 bits per heavy atom. The van der Waals surface area contributed by atoms with E-state index in [4.69, 9.17) is 5.11 Å². The molecule has 9 heteroatoms. The standard InChI is InChI=1S/C18H19BrN2O6/c19-10-3-4-11-12(9-20(14(11)8-10)7-5-15(22)23)16(18(26)27)21-6-1-2-13(21)17(24)25/h3-4,8-9,13,16H,1-2,5-7H2,(H,22,23)(H,24,25)(H,26,27)/t13-,16?/m1/s1. The van der Waals surface area contributed by atoms with Gasteiger partial charge in [0.1, 0.15) is 12.1 Å². The maximum Gasteiger partial charge on any atom is 0.325 e. The van der Waals surface area contributed by atoms with Crippen LogP contribution in [0.2, 0.25) is 0 Å². The average Bonchev–Trinajstić information content (AvgIpc) is 3.18. The number of hydrogen-bond acceptors (Lipinski definition) is 4. The Morgan fingerprint density at radius 2 is 1.96 bits per heavy atom. The Morgan fingerprint density at radius 1 is 1.22 bits per heavy atom. The zero-order valence-electron chi connectivity index (χ0n) is 14.3. The second kappa shape index (κ2) is 7.69. The lowest BCUT2D eigenvalue weighted by molar-refractivity contribution is -0.149. The number of rotatable bonds is 7. The van der Waals surface area contributed by atoms with Gasteiger partial charge < -0.3 is 19.9 Å². The second-order valence-electron chi connectivity index (χ2n) is 6.56. The predicted molar refractivity (Wildman–Crippen MR) is 99.6 cm³/mol. The van der Waals surface area contributed by atoms with Gasteiger partial charge in [0.05, 0.1) is 6.42 Å². The quantitative estimate of drug-likeness (QED) is 0.607. The number of aryl methyl sites for hydroxylation is 1. The van der Waals surface area contributed by atoms with Crippen LogP contribution in [0, 0.1) is 0 Å². The van der Waals surface area contributed by atoms with Crippen LogP contribution in [0.1, 0.15) is 30.9 Å². The number of likely N-dealkylation sites (tertiary alicyclic amines) is 1.